The molecule has 0 N–H and O–H groups in total. The number of nitrogens with zero attached hydrogens (tertiary/aromatic N) is 1. The Bertz CT molecular complexity index is 107. The summed E-state index contributed by atoms with van der Waals surface area (Å²) in [6.45, 7) is 12.9. The zero-order chi connectivity index (χ0) is 10.8. The van der Waals surface area contributed by atoms with E-state index in [-0.39, 0.29) is 0 Å². The number of rotatable bonds is 3. The van der Waals surface area contributed by atoms with Crippen LogP contribution in [0.4, 0.5) is 0 Å². The van der Waals surface area contributed by atoms with E-state index >= 15 is 0 Å². The molecule has 0 aromatic rings. The number of morpholine rings is 1. The summed E-state index contributed by atoms with van der Waals surface area (Å²) in [4.78, 5) is 2.55. The second-order valence-electron chi connectivity index (χ2n) is 3.83. The van der Waals surface area contributed by atoms with Crippen LogP contribution >= 0.6 is 0 Å². The first-order valence-corrected chi connectivity index (χ1v) is 6.11. The highest BCUT2D eigenvalue weighted by atomic mass is 16.5. The summed E-state index contributed by atoms with van der Waals surface area (Å²) in [5, 5.41) is 0. The lowest BCUT2D eigenvalue weighted by Crippen LogP contribution is -2.42. The van der Waals surface area contributed by atoms with Crippen molar-refractivity contribution >= 4 is 0 Å². The first kappa shape index (κ1) is 13.9. The minimum absolute atomic E-state index is 0.791. The zero-order valence-corrected chi connectivity index (χ0v) is 10.4. The summed E-state index contributed by atoms with van der Waals surface area (Å²) < 4.78 is 5.30. The van der Waals surface area contributed by atoms with Crippen LogP contribution in [0.1, 0.15) is 47.0 Å². The van der Waals surface area contributed by atoms with E-state index in [4.69, 9.17) is 4.74 Å². The third-order valence-corrected chi connectivity index (χ3v) is 2.50. The Balaban J connectivity index is 0.000000500. The van der Waals surface area contributed by atoms with E-state index < -0.39 is 0 Å². The van der Waals surface area contributed by atoms with Crippen LogP contribution in [0.3, 0.4) is 0 Å². The van der Waals surface area contributed by atoms with Crippen molar-refractivity contribution in [2.45, 2.75) is 53.0 Å². The highest BCUT2D eigenvalue weighted by Crippen LogP contribution is 2.09. The molecule has 0 aliphatic carbocycles. The Morgan fingerprint density at radius 2 is 1.43 bits per heavy atom. The average molecular weight is 201 g/mol. The van der Waals surface area contributed by atoms with Gasteiger partial charge in [-0.1, -0.05) is 34.1 Å². The van der Waals surface area contributed by atoms with Crippen molar-refractivity contribution in [2.75, 3.05) is 26.3 Å². The van der Waals surface area contributed by atoms with Crippen LogP contribution in [-0.4, -0.2) is 37.2 Å². The van der Waals surface area contributed by atoms with Crippen molar-refractivity contribution in [2.24, 2.45) is 0 Å². The molecule has 0 aromatic carbocycles. The predicted octanol–water partition coefficient (Wildman–Crippen LogP) is 2.92. The van der Waals surface area contributed by atoms with E-state index in [1.165, 1.54) is 19.3 Å². The zero-order valence-electron chi connectivity index (χ0n) is 10.4. The van der Waals surface area contributed by atoms with Crippen LogP contribution in [0, 0.1) is 0 Å². The first-order chi connectivity index (χ1) is 6.79. The van der Waals surface area contributed by atoms with Gasteiger partial charge in [-0.3, -0.25) is 4.90 Å². The maximum Gasteiger partial charge on any atom is 0.0594 e. The Hall–Kier alpha value is -0.0800. The van der Waals surface area contributed by atoms with Gasteiger partial charge in [0.05, 0.1) is 13.2 Å². The molecule has 1 saturated heterocycles. The minimum Gasteiger partial charge on any atom is -0.379 e. The molecular formula is C12H27NO. The summed E-state index contributed by atoms with van der Waals surface area (Å²) in [5.41, 5.74) is 0. The number of hydrogen-bond donors (Lipinski definition) is 0. The molecule has 0 bridgehead atoms. The lowest BCUT2D eigenvalue weighted by molar-refractivity contribution is 0.0150. The van der Waals surface area contributed by atoms with Gasteiger partial charge in [0.15, 0.2) is 0 Å². The molecule has 0 radical (unpaired) electrons. The van der Waals surface area contributed by atoms with Crippen LogP contribution in [0.5, 0.6) is 0 Å². The highest BCUT2D eigenvalue weighted by Gasteiger charge is 2.16. The van der Waals surface area contributed by atoms with Crippen molar-refractivity contribution in [3.63, 3.8) is 0 Å². The molecule has 1 aliphatic heterocycles. The maximum absolute atomic E-state index is 5.30. The number of ether oxygens (including phenoxy) is 1. The molecule has 1 rings (SSSR count). The van der Waals surface area contributed by atoms with E-state index in [0.717, 1.165) is 32.3 Å². The molecule has 2 nitrogen and oxygen atoms in total. The van der Waals surface area contributed by atoms with E-state index in [2.05, 4.69) is 32.6 Å². The van der Waals surface area contributed by atoms with Crippen LogP contribution in [0.2, 0.25) is 0 Å². The van der Waals surface area contributed by atoms with E-state index in [9.17, 15) is 0 Å². The quantitative estimate of drug-likeness (QED) is 0.696. The van der Waals surface area contributed by atoms with Gasteiger partial charge < -0.3 is 4.74 Å². The smallest absolute Gasteiger partial charge is 0.0594 e. The number of hydrogen-bond acceptors (Lipinski definition) is 2. The molecule has 1 heterocycles. The fraction of sp³-hybridized carbons (Fsp3) is 1.00. The topological polar surface area (TPSA) is 12.5 Å². The molecule has 0 saturated carbocycles. The van der Waals surface area contributed by atoms with E-state index in [0.29, 0.717) is 0 Å². The van der Waals surface area contributed by atoms with Gasteiger partial charge in [-0.25, -0.2) is 0 Å². The fourth-order valence-electron chi connectivity index (χ4n) is 1.75. The molecule has 0 atom stereocenters. The van der Waals surface area contributed by atoms with Crippen molar-refractivity contribution in [3.05, 3.63) is 0 Å². The molecule has 1 aliphatic rings. The molecule has 86 valence electrons. The van der Waals surface area contributed by atoms with Gasteiger partial charge in [-0.15, -0.1) is 0 Å². The average Bonchev–Trinajstić information content (AvgIpc) is 2.22. The first-order valence-electron chi connectivity index (χ1n) is 6.11. The van der Waals surface area contributed by atoms with Crippen LogP contribution in [0.15, 0.2) is 0 Å². The Morgan fingerprint density at radius 1 is 1.00 bits per heavy atom. The van der Waals surface area contributed by atoms with Gasteiger partial charge in [-0.2, -0.15) is 0 Å². The van der Waals surface area contributed by atoms with Gasteiger partial charge >= 0.3 is 0 Å². The Kier molecular flexibility index (Phi) is 9.42. The molecule has 0 spiro atoms. The maximum atomic E-state index is 5.30. The van der Waals surface area contributed by atoms with Crippen molar-refractivity contribution in [1.82, 2.24) is 4.90 Å². The third-order valence-electron chi connectivity index (χ3n) is 2.50. The summed E-state index contributed by atoms with van der Waals surface area (Å²) in [6, 6.07) is 0.791. The SMILES string of the molecule is CCC.CCC(CC)N1CCOCC1. The molecule has 0 unspecified atom stereocenters. The van der Waals surface area contributed by atoms with Gasteiger partial charge in [0.25, 0.3) is 0 Å². The second kappa shape index (κ2) is 9.47. The van der Waals surface area contributed by atoms with Gasteiger partial charge in [0.1, 0.15) is 0 Å². The summed E-state index contributed by atoms with van der Waals surface area (Å²) >= 11 is 0. The monoisotopic (exact) mass is 201 g/mol. The molecule has 14 heavy (non-hydrogen) atoms. The van der Waals surface area contributed by atoms with Crippen LogP contribution < -0.4 is 0 Å². The molecular weight excluding hydrogens is 174 g/mol. The lowest BCUT2D eigenvalue weighted by Gasteiger charge is -2.33. The van der Waals surface area contributed by atoms with Crippen LogP contribution in [-0.2, 0) is 4.74 Å². The van der Waals surface area contributed by atoms with Crippen LogP contribution in [0.25, 0.3) is 0 Å². The lowest BCUT2D eigenvalue weighted by atomic mass is 10.1. The van der Waals surface area contributed by atoms with E-state index in [1.807, 2.05) is 0 Å². The second-order valence-corrected chi connectivity index (χ2v) is 3.83. The summed E-state index contributed by atoms with van der Waals surface area (Å²) in [7, 11) is 0. The summed E-state index contributed by atoms with van der Waals surface area (Å²) in [6.07, 6.45) is 3.80. The van der Waals surface area contributed by atoms with Crippen molar-refractivity contribution in [1.29, 1.82) is 0 Å². The standard InChI is InChI=1S/C9H19NO.C3H8/c1-3-9(4-2)10-5-7-11-8-6-10;1-3-2/h9H,3-8H2,1-2H3;3H2,1-2H3. The fourth-order valence-corrected chi connectivity index (χ4v) is 1.75. The Morgan fingerprint density at radius 3 is 1.79 bits per heavy atom. The third kappa shape index (κ3) is 5.61. The van der Waals surface area contributed by atoms with Crippen molar-refractivity contribution in [3.8, 4) is 0 Å². The molecule has 1 fully saturated rings. The van der Waals surface area contributed by atoms with Gasteiger partial charge in [0.2, 0.25) is 0 Å². The predicted molar refractivity (Wildman–Crippen MR) is 62.7 cm³/mol. The minimum atomic E-state index is 0.791. The van der Waals surface area contributed by atoms with Gasteiger partial charge in [0, 0.05) is 19.1 Å². The van der Waals surface area contributed by atoms with Gasteiger partial charge in [-0.05, 0) is 12.8 Å². The highest BCUT2D eigenvalue weighted by molar-refractivity contribution is 4.70. The largest absolute Gasteiger partial charge is 0.379 e. The molecule has 0 aromatic heterocycles. The molecule has 0 amide bonds. The normalized spacial score (nSPS) is 17.8. The molecule has 2 heteroatoms. The van der Waals surface area contributed by atoms with E-state index in [1.54, 1.807) is 0 Å². The van der Waals surface area contributed by atoms with Crippen molar-refractivity contribution < 1.29 is 4.74 Å². The Labute approximate surface area is 89.6 Å². The summed E-state index contributed by atoms with van der Waals surface area (Å²) in [5.74, 6) is 0.